The molecule has 4 heteroatoms. The molecule has 1 spiro atoms. The first-order valence-electron chi connectivity index (χ1n) is 9.42. The fourth-order valence-electron chi connectivity index (χ4n) is 4.83. The van der Waals surface area contributed by atoms with Crippen molar-refractivity contribution in [1.82, 2.24) is 4.90 Å². The summed E-state index contributed by atoms with van der Waals surface area (Å²) in [5.74, 6) is 1.68. The van der Waals surface area contributed by atoms with Crippen LogP contribution in [0.15, 0.2) is 0 Å². The maximum Gasteiger partial charge on any atom is 0.410 e. The molecule has 132 valence electrons. The van der Waals surface area contributed by atoms with Crippen molar-refractivity contribution < 1.29 is 14.6 Å². The van der Waals surface area contributed by atoms with Gasteiger partial charge in [0.2, 0.25) is 0 Å². The van der Waals surface area contributed by atoms with Crippen molar-refractivity contribution in [2.24, 2.45) is 17.3 Å². The van der Waals surface area contributed by atoms with Crippen LogP contribution in [0.2, 0.25) is 0 Å². The molecule has 4 nitrogen and oxygen atoms in total. The summed E-state index contributed by atoms with van der Waals surface area (Å²) in [6.07, 6.45) is 9.36. The second-order valence-electron chi connectivity index (χ2n) is 9.24. The smallest absolute Gasteiger partial charge is 0.410 e. The number of amides is 1. The highest BCUT2D eigenvalue weighted by molar-refractivity contribution is 5.69. The predicted octanol–water partition coefficient (Wildman–Crippen LogP) is 3.96. The molecule has 0 aromatic heterocycles. The van der Waals surface area contributed by atoms with E-state index in [1.165, 1.54) is 38.5 Å². The zero-order chi connectivity index (χ0) is 16.7. The Morgan fingerprint density at radius 1 is 1.00 bits per heavy atom. The first-order valence-corrected chi connectivity index (χ1v) is 9.42. The summed E-state index contributed by atoms with van der Waals surface area (Å²) >= 11 is 0. The normalized spacial score (nSPS) is 31.7. The van der Waals surface area contributed by atoms with E-state index in [1.807, 2.05) is 25.7 Å². The van der Waals surface area contributed by atoms with Gasteiger partial charge in [-0.2, -0.15) is 0 Å². The molecule has 1 saturated heterocycles. The standard InChI is InChI=1S/C19H33NO3/c1-18(2,3)23-17(22)20-12-19(13-20)10-8-15(9-11-19)14-4-6-16(21)7-5-14/h14-16,21H,4-13H2,1-3H3. The molecule has 23 heavy (non-hydrogen) atoms. The first-order chi connectivity index (χ1) is 10.8. The van der Waals surface area contributed by atoms with Crippen LogP contribution in [0.25, 0.3) is 0 Å². The van der Waals surface area contributed by atoms with E-state index in [0.717, 1.165) is 37.8 Å². The number of hydrogen-bond donors (Lipinski definition) is 1. The molecule has 3 aliphatic rings. The second-order valence-corrected chi connectivity index (χ2v) is 9.24. The molecule has 0 aromatic rings. The third-order valence-electron chi connectivity index (χ3n) is 6.20. The van der Waals surface area contributed by atoms with Crippen LogP contribution in [0.4, 0.5) is 4.79 Å². The van der Waals surface area contributed by atoms with Crippen molar-refractivity contribution in [3.63, 3.8) is 0 Å². The minimum atomic E-state index is -0.400. The van der Waals surface area contributed by atoms with Gasteiger partial charge in [-0.3, -0.25) is 0 Å². The van der Waals surface area contributed by atoms with Crippen LogP contribution in [0.1, 0.15) is 72.1 Å². The number of hydrogen-bond acceptors (Lipinski definition) is 3. The molecular weight excluding hydrogens is 290 g/mol. The lowest BCUT2D eigenvalue weighted by molar-refractivity contribution is -0.0598. The van der Waals surface area contributed by atoms with Crippen LogP contribution in [0.5, 0.6) is 0 Å². The maximum atomic E-state index is 12.1. The lowest BCUT2D eigenvalue weighted by Gasteiger charge is -2.54. The average Bonchev–Trinajstić information content (AvgIpc) is 2.44. The van der Waals surface area contributed by atoms with Crippen molar-refractivity contribution in [2.45, 2.75) is 83.8 Å². The third kappa shape index (κ3) is 4.01. The molecule has 3 rings (SSSR count). The average molecular weight is 323 g/mol. The Morgan fingerprint density at radius 2 is 1.52 bits per heavy atom. The van der Waals surface area contributed by atoms with Crippen LogP contribution < -0.4 is 0 Å². The highest BCUT2D eigenvalue weighted by atomic mass is 16.6. The summed E-state index contributed by atoms with van der Waals surface area (Å²) in [4.78, 5) is 14.0. The van der Waals surface area contributed by atoms with E-state index in [2.05, 4.69) is 0 Å². The Balaban J connectivity index is 1.43. The number of rotatable bonds is 1. The highest BCUT2D eigenvalue weighted by Gasteiger charge is 2.48. The van der Waals surface area contributed by atoms with E-state index in [1.54, 1.807) is 0 Å². The topological polar surface area (TPSA) is 49.8 Å². The van der Waals surface area contributed by atoms with Crippen molar-refractivity contribution in [1.29, 1.82) is 0 Å². The van der Waals surface area contributed by atoms with Crippen LogP contribution in [0, 0.1) is 17.3 Å². The van der Waals surface area contributed by atoms with E-state index < -0.39 is 5.60 Å². The predicted molar refractivity (Wildman–Crippen MR) is 90.2 cm³/mol. The Hall–Kier alpha value is -0.770. The minimum Gasteiger partial charge on any atom is -0.444 e. The number of carbonyl (C=O) groups is 1. The molecule has 3 fully saturated rings. The van der Waals surface area contributed by atoms with Gasteiger partial charge in [0.1, 0.15) is 5.60 Å². The molecule has 0 radical (unpaired) electrons. The molecule has 1 N–H and O–H groups in total. The zero-order valence-corrected chi connectivity index (χ0v) is 15.0. The summed E-state index contributed by atoms with van der Waals surface area (Å²) in [5.41, 5.74) is -0.0232. The van der Waals surface area contributed by atoms with Crippen LogP contribution in [0.3, 0.4) is 0 Å². The quantitative estimate of drug-likeness (QED) is 0.794. The first kappa shape index (κ1) is 17.1. The molecule has 2 aliphatic carbocycles. The Morgan fingerprint density at radius 3 is 2.04 bits per heavy atom. The summed E-state index contributed by atoms with van der Waals surface area (Å²) in [6, 6.07) is 0. The molecule has 1 amide bonds. The lowest BCUT2D eigenvalue weighted by atomic mass is 9.62. The number of ether oxygens (including phenoxy) is 1. The molecule has 0 aromatic carbocycles. The number of likely N-dealkylation sites (tertiary alicyclic amines) is 1. The molecule has 0 atom stereocenters. The summed E-state index contributed by atoms with van der Waals surface area (Å²) in [5, 5.41) is 9.67. The van der Waals surface area contributed by atoms with Gasteiger partial charge in [-0.1, -0.05) is 0 Å². The Kier molecular flexibility index (Phi) is 4.65. The fourth-order valence-corrected chi connectivity index (χ4v) is 4.83. The van der Waals surface area contributed by atoms with Gasteiger partial charge < -0.3 is 14.7 Å². The highest BCUT2D eigenvalue weighted by Crippen LogP contribution is 2.49. The van der Waals surface area contributed by atoms with Gasteiger partial charge in [-0.05, 0) is 84.0 Å². The lowest BCUT2D eigenvalue weighted by Crippen LogP contribution is -2.60. The van der Waals surface area contributed by atoms with Crippen molar-refractivity contribution in [2.75, 3.05) is 13.1 Å². The molecule has 2 saturated carbocycles. The SMILES string of the molecule is CC(C)(C)OC(=O)N1CC2(CCC(C3CCC(O)CC3)CC2)C1. The number of aliphatic hydroxyl groups excluding tert-OH is 1. The Labute approximate surface area is 140 Å². The summed E-state index contributed by atoms with van der Waals surface area (Å²) in [7, 11) is 0. The fraction of sp³-hybridized carbons (Fsp3) is 0.947. The van der Waals surface area contributed by atoms with Crippen molar-refractivity contribution in [3.05, 3.63) is 0 Å². The van der Waals surface area contributed by atoms with Gasteiger partial charge in [0.15, 0.2) is 0 Å². The van der Waals surface area contributed by atoms with E-state index in [4.69, 9.17) is 4.74 Å². The Bertz CT molecular complexity index is 418. The molecule has 0 bridgehead atoms. The van der Waals surface area contributed by atoms with Crippen LogP contribution >= 0.6 is 0 Å². The van der Waals surface area contributed by atoms with E-state index in [0.29, 0.717) is 5.41 Å². The largest absolute Gasteiger partial charge is 0.444 e. The monoisotopic (exact) mass is 323 g/mol. The molecule has 1 aliphatic heterocycles. The van der Waals surface area contributed by atoms with Gasteiger partial charge in [-0.15, -0.1) is 0 Å². The maximum absolute atomic E-state index is 12.1. The van der Waals surface area contributed by atoms with Gasteiger partial charge >= 0.3 is 6.09 Å². The van der Waals surface area contributed by atoms with E-state index in [-0.39, 0.29) is 12.2 Å². The third-order valence-corrected chi connectivity index (χ3v) is 6.20. The van der Waals surface area contributed by atoms with E-state index >= 15 is 0 Å². The number of nitrogens with zero attached hydrogens (tertiary/aromatic N) is 1. The minimum absolute atomic E-state index is 0.0461. The van der Waals surface area contributed by atoms with Crippen molar-refractivity contribution >= 4 is 6.09 Å². The molecule has 1 heterocycles. The number of carbonyl (C=O) groups excluding carboxylic acids is 1. The summed E-state index contributed by atoms with van der Waals surface area (Å²) in [6.45, 7) is 7.54. The van der Waals surface area contributed by atoms with E-state index in [9.17, 15) is 9.90 Å². The molecular formula is C19H33NO3. The van der Waals surface area contributed by atoms with Crippen LogP contribution in [-0.2, 0) is 4.74 Å². The summed E-state index contributed by atoms with van der Waals surface area (Å²) < 4.78 is 5.47. The van der Waals surface area contributed by atoms with Gasteiger partial charge in [0.05, 0.1) is 6.10 Å². The number of aliphatic hydroxyl groups is 1. The second kappa shape index (κ2) is 6.27. The van der Waals surface area contributed by atoms with Crippen LogP contribution in [-0.4, -0.2) is 40.9 Å². The molecule has 0 unspecified atom stereocenters. The van der Waals surface area contributed by atoms with Crippen molar-refractivity contribution in [3.8, 4) is 0 Å². The van der Waals surface area contributed by atoms with Gasteiger partial charge in [0, 0.05) is 18.5 Å². The van der Waals surface area contributed by atoms with Gasteiger partial charge in [-0.25, -0.2) is 4.79 Å². The van der Waals surface area contributed by atoms with Gasteiger partial charge in [0.25, 0.3) is 0 Å². The zero-order valence-electron chi connectivity index (χ0n) is 15.0.